The van der Waals surface area contributed by atoms with E-state index in [1.165, 1.54) is 116 Å². The molecule has 1 aromatic carbocycles. The highest BCUT2D eigenvalue weighted by Crippen LogP contribution is 2.15. The molecule has 0 heterocycles. The van der Waals surface area contributed by atoms with Gasteiger partial charge in [0, 0.05) is 0 Å². The van der Waals surface area contributed by atoms with Crippen LogP contribution < -0.4 is 0 Å². The van der Waals surface area contributed by atoms with E-state index in [9.17, 15) is 9.59 Å². The Morgan fingerprint density at radius 1 is 0.421 bits per heavy atom. The molecule has 0 radical (unpaired) electrons. The molecule has 0 fully saturated rings. The molecular weight excluding hydrogens is 472 g/mol. The van der Waals surface area contributed by atoms with Gasteiger partial charge in [-0.15, -0.1) is 0 Å². The largest absolute Gasteiger partial charge is 0.462 e. The van der Waals surface area contributed by atoms with Crippen LogP contribution in [0, 0.1) is 0 Å². The van der Waals surface area contributed by atoms with Gasteiger partial charge in [-0.2, -0.15) is 0 Å². The molecule has 0 aliphatic heterocycles. The fourth-order valence-electron chi connectivity index (χ4n) is 4.74. The number of ether oxygens (including phenoxy) is 2. The fourth-order valence-corrected chi connectivity index (χ4v) is 4.74. The average Bonchev–Trinajstić information content (AvgIpc) is 2.94. The first kappa shape index (κ1) is 34.2. The Kier molecular flexibility index (Phi) is 22.9. The second-order valence-corrected chi connectivity index (χ2v) is 10.9. The lowest BCUT2D eigenvalue weighted by Crippen LogP contribution is -2.09. The molecule has 0 amide bonds. The second-order valence-electron chi connectivity index (χ2n) is 10.9. The molecule has 0 unspecified atom stereocenters. The minimum atomic E-state index is -0.345. The number of carbonyl (C=O) groups is 2. The summed E-state index contributed by atoms with van der Waals surface area (Å²) in [7, 11) is 0. The number of benzene rings is 1. The fraction of sp³-hybridized carbons (Fsp3) is 0.765. The van der Waals surface area contributed by atoms with Gasteiger partial charge >= 0.3 is 11.9 Å². The topological polar surface area (TPSA) is 52.6 Å². The molecule has 0 aliphatic rings. The first-order valence-corrected chi connectivity index (χ1v) is 16.1. The zero-order valence-electron chi connectivity index (χ0n) is 24.9. The quantitative estimate of drug-likeness (QED) is 0.0882. The van der Waals surface area contributed by atoms with Crippen molar-refractivity contribution in [2.45, 2.75) is 155 Å². The molecule has 0 aromatic heterocycles. The highest BCUT2D eigenvalue weighted by Gasteiger charge is 2.10. The molecule has 0 spiro atoms. The van der Waals surface area contributed by atoms with Crippen molar-refractivity contribution in [2.24, 2.45) is 0 Å². The van der Waals surface area contributed by atoms with Gasteiger partial charge in [0.25, 0.3) is 0 Å². The third-order valence-corrected chi connectivity index (χ3v) is 7.32. The van der Waals surface area contributed by atoms with Gasteiger partial charge < -0.3 is 9.47 Å². The van der Waals surface area contributed by atoms with Gasteiger partial charge in [-0.1, -0.05) is 142 Å². The summed E-state index contributed by atoms with van der Waals surface area (Å²) in [5.41, 5.74) is 0.940. The lowest BCUT2D eigenvalue weighted by atomic mass is 10.0. The molecule has 0 aliphatic carbocycles. The highest BCUT2D eigenvalue weighted by atomic mass is 16.5. The molecular formula is C34H58O4. The minimum Gasteiger partial charge on any atom is -0.462 e. The van der Waals surface area contributed by atoms with Gasteiger partial charge in [-0.3, -0.25) is 0 Å². The van der Waals surface area contributed by atoms with Crippen molar-refractivity contribution in [2.75, 3.05) is 13.2 Å². The van der Waals surface area contributed by atoms with E-state index in [2.05, 4.69) is 13.8 Å². The van der Waals surface area contributed by atoms with Crippen LogP contribution in [0.25, 0.3) is 0 Å². The molecule has 0 atom stereocenters. The van der Waals surface area contributed by atoms with Crippen molar-refractivity contribution in [3.05, 3.63) is 35.4 Å². The molecule has 4 nitrogen and oxygen atoms in total. The van der Waals surface area contributed by atoms with E-state index in [-0.39, 0.29) is 11.9 Å². The Morgan fingerprint density at radius 3 is 1.00 bits per heavy atom. The van der Waals surface area contributed by atoms with E-state index in [1.807, 2.05) is 0 Å². The van der Waals surface area contributed by atoms with Crippen LogP contribution in [0.2, 0.25) is 0 Å². The maximum Gasteiger partial charge on any atom is 0.338 e. The second kappa shape index (κ2) is 25.4. The molecule has 218 valence electrons. The van der Waals surface area contributed by atoms with Crippen LogP contribution in [0.1, 0.15) is 176 Å². The van der Waals surface area contributed by atoms with E-state index >= 15 is 0 Å². The Labute approximate surface area is 234 Å². The van der Waals surface area contributed by atoms with Crippen molar-refractivity contribution < 1.29 is 19.1 Å². The molecule has 0 bridgehead atoms. The van der Waals surface area contributed by atoms with Crippen LogP contribution in [0.5, 0.6) is 0 Å². The Balaban J connectivity index is 1.86. The molecule has 38 heavy (non-hydrogen) atoms. The predicted molar refractivity (Wildman–Crippen MR) is 160 cm³/mol. The van der Waals surface area contributed by atoms with E-state index in [1.54, 1.807) is 24.3 Å². The van der Waals surface area contributed by atoms with Gasteiger partial charge in [-0.25, -0.2) is 9.59 Å². The Morgan fingerprint density at radius 2 is 0.684 bits per heavy atom. The van der Waals surface area contributed by atoms with E-state index in [0.717, 1.165) is 25.7 Å². The molecule has 0 N–H and O–H groups in total. The molecule has 1 aromatic rings. The van der Waals surface area contributed by atoms with Crippen LogP contribution in [-0.4, -0.2) is 25.2 Å². The summed E-state index contributed by atoms with van der Waals surface area (Å²) in [6.45, 7) is 5.22. The van der Waals surface area contributed by atoms with Crippen molar-refractivity contribution in [3.63, 3.8) is 0 Å². The zero-order chi connectivity index (χ0) is 27.5. The number of esters is 2. The SMILES string of the molecule is CCCCCCCCCCCCCCCCCCCCCCOC(=O)c1ccc(C(=O)OCCCC)cc1. The number of hydrogen-bond donors (Lipinski definition) is 0. The maximum atomic E-state index is 12.2. The number of rotatable bonds is 26. The number of unbranched alkanes of at least 4 members (excludes halogenated alkanes) is 20. The van der Waals surface area contributed by atoms with E-state index in [0.29, 0.717) is 24.3 Å². The summed E-state index contributed by atoms with van der Waals surface area (Å²) < 4.78 is 10.6. The van der Waals surface area contributed by atoms with Gasteiger partial charge in [0.2, 0.25) is 0 Å². The van der Waals surface area contributed by atoms with Gasteiger partial charge in [0.1, 0.15) is 0 Å². The lowest BCUT2D eigenvalue weighted by Gasteiger charge is -2.07. The van der Waals surface area contributed by atoms with Crippen molar-refractivity contribution in [1.82, 2.24) is 0 Å². The van der Waals surface area contributed by atoms with Crippen molar-refractivity contribution in [1.29, 1.82) is 0 Å². The summed E-state index contributed by atoms with van der Waals surface area (Å²) >= 11 is 0. The van der Waals surface area contributed by atoms with Crippen molar-refractivity contribution >= 4 is 11.9 Å². The van der Waals surface area contributed by atoms with E-state index < -0.39 is 0 Å². The first-order chi connectivity index (χ1) is 18.7. The summed E-state index contributed by atoms with van der Waals surface area (Å²) in [5.74, 6) is -0.670. The van der Waals surface area contributed by atoms with Gasteiger partial charge in [0.15, 0.2) is 0 Å². The summed E-state index contributed by atoms with van der Waals surface area (Å²) in [6, 6.07) is 6.53. The summed E-state index contributed by atoms with van der Waals surface area (Å²) in [4.78, 5) is 24.1. The van der Waals surface area contributed by atoms with Gasteiger partial charge in [-0.05, 0) is 37.1 Å². The Hall–Kier alpha value is -1.84. The Bertz CT molecular complexity index is 682. The number of hydrogen-bond acceptors (Lipinski definition) is 4. The predicted octanol–water partition coefficient (Wildman–Crippen LogP) is 10.6. The molecule has 0 saturated heterocycles. The third kappa shape index (κ3) is 19.3. The number of carbonyl (C=O) groups excluding carboxylic acids is 2. The summed E-state index contributed by atoms with van der Waals surface area (Å²) in [6.07, 6.45) is 28.9. The molecule has 0 saturated carbocycles. The standard InChI is InChI=1S/C34H58O4/c1-3-5-7-8-9-10-11-12-13-14-15-16-17-18-19-20-21-22-23-24-30-38-34(36)32-27-25-31(26-28-32)33(35)37-29-6-4-2/h25-28H,3-24,29-30H2,1-2H3. The monoisotopic (exact) mass is 530 g/mol. The van der Waals surface area contributed by atoms with Crippen LogP contribution in [-0.2, 0) is 9.47 Å². The maximum absolute atomic E-state index is 12.2. The smallest absolute Gasteiger partial charge is 0.338 e. The first-order valence-electron chi connectivity index (χ1n) is 16.1. The van der Waals surface area contributed by atoms with Crippen LogP contribution in [0.15, 0.2) is 24.3 Å². The van der Waals surface area contributed by atoms with E-state index in [4.69, 9.17) is 9.47 Å². The highest BCUT2D eigenvalue weighted by molar-refractivity contribution is 5.93. The summed E-state index contributed by atoms with van der Waals surface area (Å²) in [5, 5.41) is 0. The zero-order valence-corrected chi connectivity index (χ0v) is 24.9. The van der Waals surface area contributed by atoms with Crippen LogP contribution in [0.4, 0.5) is 0 Å². The van der Waals surface area contributed by atoms with Crippen LogP contribution >= 0.6 is 0 Å². The lowest BCUT2D eigenvalue weighted by molar-refractivity contribution is 0.0484. The van der Waals surface area contributed by atoms with Gasteiger partial charge in [0.05, 0.1) is 24.3 Å². The normalized spacial score (nSPS) is 11.0. The third-order valence-electron chi connectivity index (χ3n) is 7.32. The van der Waals surface area contributed by atoms with Crippen molar-refractivity contribution in [3.8, 4) is 0 Å². The molecule has 1 rings (SSSR count). The average molecular weight is 531 g/mol. The molecule has 4 heteroatoms. The minimum absolute atomic E-state index is 0.325. The van der Waals surface area contributed by atoms with Crippen LogP contribution in [0.3, 0.4) is 0 Å².